The Morgan fingerprint density at radius 2 is 1.62 bits per heavy atom. The Balaban J connectivity index is 1.39. The normalized spacial score (nSPS) is 15.7. The van der Waals surface area contributed by atoms with Crippen LogP contribution in [0.1, 0.15) is 18.5 Å². The van der Waals surface area contributed by atoms with Gasteiger partial charge in [-0.05, 0) is 49.9 Å². The van der Waals surface area contributed by atoms with Gasteiger partial charge in [0.1, 0.15) is 5.82 Å². The molecule has 0 saturated carbocycles. The van der Waals surface area contributed by atoms with Crippen molar-refractivity contribution in [2.24, 2.45) is 0 Å². The second-order valence-corrected chi connectivity index (χ2v) is 7.50. The third kappa shape index (κ3) is 5.03. The Morgan fingerprint density at radius 3 is 2.34 bits per heavy atom. The Bertz CT molecular complexity index is 904. The van der Waals surface area contributed by atoms with Crippen LogP contribution in [0.25, 0.3) is 0 Å². The van der Waals surface area contributed by atoms with E-state index in [4.69, 9.17) is 0 Å². The summed E-state index contributed by atoms with van der Waals surface area (Å²) in [5.74, 6) is 1.38. The first-order chi connectivity index (χ1) is 14.2. The van der Waals surface area contributed by atoms with Gasteiger partial charge in [0.2, 0.25) is 5.95 Å². The smallest absolute Gasteiger partial charge is 0.229 e. The molecular weight excluding hydrogens is 360 g/mol. The maximum atomic E-state index is 4.60. The highest BCUT2D eigenvalue weighted by molar-refractivity contribution is 5.60. The van der Waals surface area contributed by atoms with Gasteiger partial charge in [-0.3, -0.25) is 0 Å². The molecule has 1 saturated heterocycles. The molecule has 1 aliphatic heterocycles. The number of anilines is 4. The lowest BCUT2D eigenvalue weighted by Crippen LogP contribution is -2.44. The second-order valence-electron chi connectivity index (χ2n) is 7.50. The molecule has 1 fully saturated rings. The quantitative estimate of drug-likeness (QED) is 0.662. The van der Waals surface area contributed by atoms with Crippen molar-refractivity contribution in [3.8, 4) is 0 Å². The van der Waals surface area contributed by atoms with Gasteiger partial charge in [0.05, 0.1) is 0 Å². The van der Waals surface area contributed by atoms with Gasteiger partial charge in [0, 0.05) is 49.8 Å². The minimum Gasteiger partial charge on any atom is -0.369 e. The zero-order valence-corrected chi connectivity index (χ0v) is 17.0. The molecule has 0 radical (unpaired) electrons. The van der Waals surface area contributed by atoms with Crippen LogP contribution >= 0.6 is 0 Å². The van der Waals surface area contributed by atoms with E-state index < -0.39 is 0 Å². The lowest BCUT2D eigenvalue weighted by atomic mass is 10.1. The lowest BCUT2D eigenvalue weighted by molar-refractivity contribution is 0.313. The SMILES string of the molecule is CC(Nc1ccnc(Nc2ccc(N3CCN(C)CC3)cc2)n1)c1ccccc1. The van der Waals surface area contributed by atoms with Crippen molar-refractivity contribution in [1.29, 1.82) is 0 Å². The summed E-state index contributed by atoms with van der Waals surface area (Å²) < 4.78 is 0. The highest BCUT2D eigenvalue weighted by atomic mass is 15.2. The van der Waals surface area contributed by atoms with Crippen molar-refractivity contribution in [3.63, 3.8) is 0 Å². The molecule has 0 aliphatic carbocycles. The van der Waals surface area contributed by atoms with Crippen molar-refractivity contribution in [2.45, 2.75) is 13.0 Å². The van der Waals surface area contributed by atoms with Crippen molar-refractivity contribution in [1.82, 2.24) is 14.9 Å². The molecule has 1 aromatic heterocycles. The molecule has 1 aliphatic rings. The molecule has 0 amide bonds. The minimum atomic E-state index is 0.168. The molecule has 150 valence electrons. The molecule has 2 heterocycles. The van der Waals surface area contributed by atoms with E-state index in [2.05, 4.69) is 80.8 Å². The third-order valence-corrected chi connectivity index (χ3v) is 5.31. The zero-order chi connectivity index (χ0) is 20.1. The monoisotopic (exact) mass is 388 g/mol. The number of hydrogen-bond donors (Lipinski definition) is 2. The fourth-order valence-corrected chi connectivity index (χ4v) is 3.50. The number of nitrogens with one attached hydrogen (secondary N) is 2. The Hall–Kier alpha value is -3.12. The summed E-state index contributed by atoms with van der Waals surface area (Å²) in [5, 5.41) is 6.74. The number of rotatable bonds is 6. The van der Waals surface area contributed by atoms with Crippen LogP contribution in [-0.2, 0) is 0 Å². The number of likely N-dealkylation sites (N-methyl/N-ethyl adjacent to an activating group) is 1. The van der Waals surface area contributed by atoms with Gasteiger partial charge in [0.25, 0.3) is 0 Å². The summed E-state index contributed by atoms with van der Waals surface area (Å²) in [6, 6.07) is 20.9. The first-order valence-electron chi connectivity index (χ1n) is 10.1. The second kappa shape index (κ2) is 8.92. The summed E-state index contributed by atoms with van der Waals surface area (Å²) in [6.45, 7) is 6.48. The van der Waals surface area contributed by atoms with Crippen LogP contribution in [0.15, 0.2) is 66.9 Å². The van der Waals surface area contributed by atoms with Crippen LogP contribution in [0.5, 0.6) is 0 Å². The van der Waals surface area contributed by atoms with Crippen molar-refractivity contribution in [2.75, 3.05) is 48.8 Å². The Kier molecular flexibility index (Phi) is 5.91. The summed E-state index contributed by atoms with van der Waals surface area (Å²) in [4.78, 5) is 13.8. The van der Waals surface area contributed by atoms with Crippen LogP contribution < -0.4 is 15.5 Å². The van der Waals surface area contributed by atoms with E-state index in [9.17, 15) is 0 Å². The molecule has 3 aromatic rings. The van der Waals surface area contributed by atoms with Gasteiger partial charge in [-0.15, -0.1) is 0 Å². The van der Waals surface area contributed by atoms with Crippen LogP contribution in [0.2, 0.25) is 0 Å². The fraction of sp³-hybridized carbons (Fsp3) is 0.304. The van der Waals surface area contributed by atoms with E-state index in [0.29, 0.717) is 5.95 Å². The van der Waals surface area contributed by atoms with Gasteiger partial charge >= 0.3 is 0 Å². The summed E-state index contributed by atoms with van der Waals surface area (Å²) in [5.41, 5.74) is 3.47. The summed E-state index contributed by atoms with van der Waals surface area (Å²) in [7, 11) is 2.17. The number of hydrogen-bond acceptors (Lipinski definition) is 6. The summed E-state index contributed by atoms with van der Waals surface area (Å²) in [6.07, 6.45) is 1.77. The van der Waals surface area contributed by atoms with Crippen LogP contribution in [0.4, 0.5) is 23.1 Å². The van der Waals surface area contributed by atoms with Crippen molar-refractivity contribution >= 4 is 23.1 Å². The lowest BCUT2D eigenvalue weighted by Gasteiger charge is -2.34. The van der Waals surface area contributed by atoms with Gasteiger partial charge in [-0.25, -0.2) is 4.98 Å². The largest absolute Gasteiger partial charge is 0.369 e. The van der Waals surface area contributed by atoms with E-state index in [-0.39, 0.29) is 6.04 Å². The van der Waals surface area contributed by atoms with E-state index in [1.165, 1.54) is 11.3 Å². The predicted octanol–water partition coefficient (Wildman–Crippen LogP) is 4.15. The van der Waals surface area contributed by atoms with Crippen LogP contribution in [-0.4, -0.2) is 48.1 Å². The topological polar surface area (TPSA) is 56.3 Å². The van der Waals surface area contributed by atoms with Gasteiger partial charge in [-0.1, -0.05) is 30.3 Å². The molecule has 29 heavy (non-hydrogen) atoms. The van der Waals surface area contributed by atoms with Crippen molar-refractivity contribution < 1.29 is 0 Å². The van der Waals surface area contributed by atoms with Gasteiger partial charge < -0.3 is 20.4 Å². The average molecular weight is 389 g/mol. The van der Waals surface area contributed by atoms with Crippen molar-refractivity contribution in [3.05, 3.63) is 72.4 Å². The molecule has 0 spiro atoms. The molecule has 6 heteroatoms. The first-order valence-corrected chi connectivity index (χ1v) is 10.1. The maximum absolute atomic E-state index is 4.60. The molecule has 0 bridgehead atoms. The highest BCUT2D eigenvalue weighted by Crippen LogP contribution is 2.22. The minimum absolute atomic E-state index is 0.168. The van der Waals surface area contributed by atoms with E-state index in [1.807, 2.05) is 24.3 Å². The maximum Gasteiger partial charge on any atom is 0.229 e. The van der Waals surface area contributed by atoms with Crippen LogP contribution in [0.3, 0.4) is 0 Å². The zero-order valence-electron chi connectivity index (χ0n) is 17.0. The number of piperazine rings is 1. The van der Waals surface area contributed by atoms with Crippen LogP contribution in [0, 0.1) is 0 Å². The number of nitrogens with zero attached hydrogens (tertiary/aromatic N) is 4. The fourth-order valence-electron chi connectivity index (χ4n) is 3.50. The molecule has 6 nitrogen and oxygen atoms in total. The summed E-state index contributed by atoms with van der Waals surface area (Å²) >= 11 is 0. The standard InChI is InChI=1S/C23H28N6/c1-18(19-6-4-3-5-7-19)25-22-12-13-24-23(27-22)26-20-8-10-21(11-9-20)29-16-14-28(2)15-17-29/h3-13,18H,14-17H2,1-2H3,(H2,24,25,26,27). The van der Waals surface area contributed by atoms with Gasteiger partial charge in [-0.2, -0.15) is 4.98 Å². The third-order valence-electron chi connectivity index (χ3n) is 5.31. The predicted molar refractivity (Wildman–Crippen MR) is 120 cm³/mol. The molecule has 4 rings (SSSR count). The molecule has 1 atom stereocenters. The molecular formula is C23H28N6. The van der Waals surface area contributed by atoms with E-state index in [1.54, 1.807) is 6.20 Å². The van der Waals surface area contributed by atoms with Gasteiger partial charge in [0.15, 0.2) is 0 Å². The first kappa shape index (κ1) is 19.2. The molecule has 2 aromatic carbocycles. The Morgan fingerprint density at radius 1 is 0.897 bits per heavy atom. The van der Waals surface area contributed by atoms with E-state index in [0.717, 1.165) is 37.7 Å². The number of aromatic nitrogens is 2. The molecule has 1 unspecified atom stereocenters. The average Bonchev–Trinajstić information content (AvgIpc) is 2.76. The molecule has 2 N–H and O–H groups in total. The highest BCUT2D eigenvalue weighted by Gasteiger charge is 2.14. The number of benzene rings is 2. The van der Waals surface area contributed by atoms with E-state index >= 15 is 0 Å². The Labute approximate surface area is 172 Å².